The van der Waals surface area contributed by atoms with E-state index in [4.69, 9.17) is 5.73 Å². The summed E-state index contributed by atoms with van der Waals surface area (Å²) in [5, 5.41) is 20.3. The average molecular weight is 397 g/mol. The molecule has 8 heteroatoms. The maximum atomic E-state index is 13.9. The maximum Gasteiger partial charge on any atom is 0.269 e. The number of nitro benzene ring substituents is 1. The molecule has 0 amide bonds. The molecular weight excluding hydrogens is 367 g/mol. The zero-order valence-corrected chi connectivity index (χ0v) is 17.3. The SMILES string of the molecule is CC(C)C.CN1CCC(C#N)(SCC(N)c2cc([N+](=O)[O-])ccc2F)CC1. The number of nitrogens with two attached hydrogens (primary N) is 1. The molecule has 6 nitrogen and oxygen atoms in total. The van der Waals surface area contributed by atoms with Crippen molar-refractivity contribution < 1.29 is 9.31 Å². The van der Waals surface area contributed by atoms with Crippen molar-refractivity contribution in [3.8, 4) is 6.07 Å². The van der Waals surface area contributed by atoms with Crippen molar-refractivity contribution in [1.29, 1.82) is 5.26 Å². The van der Waals surface area contributed by atoms with Crippen LogP contribution in [-0.4, -0.2) is 40.5 Å². The second-order valence-corrected chi connectivity index (χ2v) is 8.93. The predicted molar refractivity (Wildman–Crippen MR) is 108 cm³/mol. The van der Waals surface area contributed by atoms with Crippen molar-refractivity contribution in [3.63, 3.8) is 0 Å². The highest BCUT2D eigenvalue weighted by atomic mass is 32.2. The molecular formula is C19H29FN4O2S. The van der Waals surface area contributed by atoms with Gasteiger partial charge in [-0.1, -0.05) is 20.8 Å². The third-order valence-electron chi connectivity index (χ3n) is 4.13. The van der Waals surface area contributed by atoms with E-state index in [2.05, 4.69) is 31.7 Å². The molecule has 0 saturated carbocycles. The Hall–Kier alpha value is -1.69. The first-order valence-corrected chi connectivity index (χ1v) is 10.0. The highest BCUT2D eigenvalue weighted by Gasteiger charge is 2.35. The number of nitro groups is 1. The van der Waals surface area contributed by atoms with Gasteiger partial charge in [0.05, 0.1) is 11.0 Å². The lowest BCUT2D eigenvalue weighted by Crippen LogP contribution is -2.40. The molecule has 2 rings (SSSR count). The number of nitrogens with zero attached hydrogens (tertiary/aromatic N) is 3. The van der Waals surface area contributed by atoms with Gasteiger partial charge in [0.15, 0.2) is 0 Å². The predicted octanol–water partition coefficient (Wildman–Crippen LogP) is 4.12. The summed E-state index contributed by atoms with van der Waals surface area (Å²) in [5.41, 5.74) is 5.95. The largest absolute Gasteiger partial charge is 0.323 e. The summed E-state index contributed by atoms with van der Waals surface area (Å²) >= 11 is 1.42. The van der Waals surface area contributed by atoms with Gasteiger partial charge in [0.1, 0.15) is 10.6 Å². The molecule has 2 N–H and O–H groups in total. The van der Waals surface area contributed by atoms with Crippen molar-refractivity contribution in [3.05, 3.63) is 39.7 Å². The summed E-state index contributed by atoms with van der Waals surface area (Å²) in [6, 6.07) is 5.03. The first kappa shape index (κ1) is 23.3. The summed E-state index contributed by atoms with van der Waals surface area (Å²) in [6.07, 6.45) is 1.46. The Morgan fingerprint density at radius 1 is 1.41 bits per heavy atom. The molecule has 150 valence electrons. The van der Waals surface area contributed by atoms with Gasteiger partial charge in [-0.2, -0.15) is 5.26 Å². The highest BCUT2D eigenvalue weighted by molar-refractivity contribution is 8.00. The summed E-state index contributed by atoms with van der Waals surface area (Å²) < 4.78 is 13.4. The van der Waals surface area contributed by atoms with Gasteiger partial charge in [0.2, 0.25) is 0 Å². The van der Waals surface area contributed by atoms with E-state index >= 15 is 0 Å². The lowest BCUT2D eigenvalue weighted by atomic mass is 9.98. The van der Waals surface area contributed by atoms with Gasteiger partial charge in [-0.15, -0.1) is 11.8 Å². The van der Waals surface area contributed by atoms with Crippen molar-refractivity contribution in [2.75, 3.05) is 25.9 Å². The van der Waals surface area contributed by atoms with E-state index < -0.39 is 21.5 Å². The molecule has 27 heavy (non-hydrogen) atoms. The van der Waals surface area contributed by atoms with E-state index in [0.29, 0.717) is 5.75 Å². The first-order valence-electron chi connectivity index (χ1n) is 9.03. The summed E-state index contributed by atoms with van der Waals surface area (Å²) in [7, 11) is 2.01. The molecule has 1 aliphatic rings. The van der Waals surface area contributed by atoms with Gasteiger partial charge in [0.25, 0.3) is 5.69 Å². The molecule has 1 saturated heterocycles. The Balaban J connectivity index is 0.000000828. The van der Waals surface area contributed by atoms with Crippen LogP contribution in [-0.2, 0) is 0 Å². The summed E-state index contributed by atoms with van der Waals surface area (Å²) in [4.78, 5) is 12.4. The molecule has 0 aromatic heterocycles. The average Bonchev–Trinajstić information content (AvgIpc) is 2.61. The van der Waals surface area contributed by atoms with E-state index in [9.17, 15) is 19.8 Å². The Kier molecular flexibility index (Phi) is 9.16. The number of nitriles is 1. The van der Waals surface area contributed by atoms with Crippen LogP contribution in [0, 0.1) is 33.2 Å². The van der Waals surface area contributed by atoms with Gasteiger partial charge in [0, 0.05) is 42.6 Å². The van der Waals surface area contributed by atoms with E-state index in [1.165, 1.54) is 17.8 Å². The number of benzene rings is 1. The molecule has 1 aromatic rings. The van der Waals surface area contributed by atoms with Crippen LogP contribution in [0.25, 0.3) is 0 Å². The second-order valence-electron chi connectivity index (χ2n) is 7.52. The van der Waals surface area contributed by atoms with Gasteiger partial charge < -0.3 is 10.6 Å². The van der Waals surface area contributed by atoms with Crippen LogP contribution in [0.5, 0.6) is 0 Å². The molecule has 1 unspecified atom stereocenters. The smallest absolute Gasteiger partial charge is 0.269 e. The summed E-state index contributed by atoms with van der Waals surface area (Å²) in [5.74, 6) is 0.619. The second kappa shape index (κ2) is 10.6. The van der Waals surface area contributed by atoms with Gasteiger partial charge in [-0.3, -0.25) is 10.1 Å². The van der Waals surface area contributed by atoms with Crippen molar-refractivity contribution in [1.82, 2.24) is 4.90 Å². The van der Waals surface area contributed by atoms with Crippen molar-refractivity contribution >= 4 is 17.4 Å². The fourth-order valence-corrected chi connectivity index (χ4v) is 3.75. The Morgan fingerprint density at radius 3 is 2.44 bits per heavy atom. The minimum Gasteiger partial charge on any atom is -0.323 e. The standard InChI is InChI=1S/C15H19FN4O2S.C4H10/c1-19-6-4-15(10-17,5-7-19)23-9-14(18)12-8-11(20(21)22)2-3-13(12)16;1-4(2)3/h2-3,8,14H,4-7,9,18H2,1H3;4H,1-3H3. The van der Waals surface area contributed by atoms with E-state index in [1.807, 2.05) is 7.05 Å². The number of thioether (sulfide) groups is 1. The minimum atomic E-state index is -0.690. The van der Waals surface area contributed by atoms with Crippen LogP contribution >= 0.6 is 11.8 Å². The van der Waals surface area contributed by atoms with Crippen LogP contribution < -0.4 is 5.73 Å². The molecule has 0 bridgehead atoms. The molecule has 1 aromatic carbocycles. The molecule has 0 aliphatic carbocycles. The van der Waals surface area contributed by atoms with Gasteiger partial charge >= 0.3 is 0 Å². The number of rotatable bonds is 5. The Morgan fingerprint density at radius 2 is 1.96 bits per heavy atom. The quantitative estimate of drug-likeness (QED) is 0.594. The van der Waals surface area contributed by atoms with Crippen LogP contribution in [0.2, 0.25) is 0 Å². The molecule has 1 heterocycles. The molecule has 1 atom stereocenters. The Bertz CT molecular complexity index is 667. The van der Waals surface area contributed by atoms with Crippen LogP contribution in [0.4, 0.5) is 10.1 Å². The first-order chi connectivity index (χ1) is 12.6. The van der Waals surface area contributed by atoms with Crippen molar-refractivity contribution in [2.45, 2.75) is 44.4 Å². The molecule has 1 aliphatic heterocycles. The monoisotopic (exact) mass is 396 g/mol. The Labute approximate surface area is 165 Å². The van der Waals surface area contributed by atoms with Crippen LogP contribution in [0.1, 0.15) is 45.2 Å². The molecule has 1 fully saturated rings. The number of non-ortho nitro benzene ring substituents is 1. The zero-order chi connectivity index (χ0) is 20.6. The normalized spacial score (nSPS) is 17.6. The fourth-order valence-electron chi connectivity index (χ4n) is 2.54. The van der Waals surface area contributed by atoms with Crippen LogP contribution in [0.3, 0.4) is 0 Å². The van der Waals surface area contributed by atoms with Gasteiger partial charge in [-0.25, -0.2) is 4.39 Å². The minimum absolute atomic E-state index is 0.118. The summed E-state index contributed by atoms with van der Waals surface area (Å²) in [6.45, 7) is 8.17. The number of hydrogen-bond acceptors (Lipinski definition) is 6. The lowest BCUT2D eigenvalue weighted by molar-refractivity contribution is -0.385. The molecule has 0 radical (unpaired) electrons. The number of halogens is 1. The van der Waals surface area contributed by atoms with Crippen molar-refractivity contribution in [2.24, 2.45) is 11.7 Å². The zero-order valence-electron chi connectivity index (χ0n) is 16.4. The van der Waals surface area contributed by atoms with E-state index in [-0.39, 0.29) is 11.3 Å². The van der Waals surface area contributed by atoms with E-state index in [1.54, 1.807) is 0 Å². The maximum absolute atomic E-state index is 13.9. The fraction of sp³-hybridized carbons (Fsp3) is 0.632. The number of piperidine rings is 1. The number of likely N-dealkylation sites (tertiary alicyclic amines) is 1. The highest BCUT2D eigenvalue weighted by Crippen LogP contribution is 2.37. The third kappa shape index (κ3) is 7.45. The third-order valence-corrected chi connectivity index (χ3v) is 5.71. The van der Waals surface area contributed by atoms with Crippen LogP contribution in [0.15, 0.2) is 18.2 Å². The van der Waals surface area contributed by atoms with E-state index in [0.717, 1.165) is 44.0 Å². The topological polar surface area (TPSA) is 96.2 Å². The van der Waals surface area contributed by atoms with Gasteiger partial charge in [-0.05, 0) is 31.9 Å². The number of hydrogen-bond donors (Lipinski definition) is 1. The molecule has 0 spiro atoms. The lowest BCUT2D eigenvalue weighted by Gasteiger charge is -2.35.